The van der Waals surface area contributed by atoms with Crippen LogP contribution in [0.25, 0.3) is 10.9 Å². The third kappa shape index (κ3) is 4.10. The predicted molar refractivity (Wildman–Crippen MR) is 108 cm³/mol. The van der Waals surface area contributed by atoms with E-state index in [4.69, 9.17) is 9.47 Å². The molecule has 1 aromatic heterocycles. The monoisotopic (exact) mass is 425 g/mol. The summed E-state index contributed by atoms with van der Waals surface area (Å²) in [6.45, 7) is 0.831. The van der Waals surface area contributed by atoms with Crippen LogP contribution in [0.3, 0.4) is 0 Å². The normalized spacial score (nSPS) is 17.0. The lowest BCUT2D eigenvalue weighted by atomic mass is 10.1. The highest BCUT2D eigenvalue weighted by molar-refractivity contribution is 5.97. The number of anilines is 1. The lowest BCUT2D eigenvalue weighted by molar-refractivity contribution is 0.0245. The Morgan fingerprint density at radius 1 is 1.43 bits per heavy atom. The molecule has 1 aromatic carbocycles. The number of morpholine rings is 1. The van der Waals surface area contributed by atoms with Gasteiger partial charge in [-0.3, -0.25) is 4.79 Å². The summed E-state index contributed by atoms with van der Waals surface area (Å²) < 4.78 is 40.9. The number of aryl methyl sites for hydroxylation is 1. The van der Waals surface area contributed by atoms with Gasteiger partial charge in [0.1, 0.15) is 17.9 Å². The Balaban J connectivity index is 2.22. The molecule has 3 rings (SSSR count). The van der Waals surface area contributed by atoms with Crippen LogP contribution in [0.2, 0.25) is 0 Å². The van der Waals surface area contributed by atoms with E-state index in [9.17, 15) is 19.1 Å². The number of ether oxygens (including phenoxy) is 2. The summed E-state index contributed by atoms with van der Waals surface area (Å²) in [5.74, 6) is -2.10. The molecule has 10 heteroatoms. The highest BCUT2D eigenvalue weighted by Gasteiger charge is 2.29. The molecule has 1 atom stereocenters. The first-order valence-corrected chi connectivity index (χ1v) is 9.52. The number of carbonyl (C=O) groups is 1. The highest BCUT2D eigenvalue weighted by Crippen LogP contribution is 2.38. The Morgan fingerprint density at radius 3 is 2.77 bits per heavy atom. The number of fused-ring (bicyclic) bond motifs is 1. The number of methoxy groups -OCH3 is 1. The number of likely N-dealkylation sites (N-methyl/N-ethyl adjacent to an activating group) is 1. The van der Waals surface area contributed by atoms with Gasteiger partial charge in [-0.15, -0.1) is 0 Å². The maximum absolute atomic E-state index is 15.2. The van der Waals surface area contributed by atoms with Crippen molar-refractivity contribution in [3.8, 4) is 5.75 Å². The first-order valence-electron chi connectivity index (χ1n) is 9.52. The molecule has 0 saturated carbocycles. The number of hydrogen-bond donors (Lipinski definition) is 1. The molecular weight excluding hydrogens is 400 g/mol. The van der Waals surface area contributed by atoms with E-state index in [1.54, 1.807) is 4.90 Å². The summed E-state index contributed by atoms with van der Waals surface area (Å²) in [5.41, 5.74) is -1.09. The van der Waals surface area contributed by atoms with E-state index in [-0.39, 0.29) is 35.0 Å². The van der Waals surface area contributed by atoms with Crippen LogP contribution >= 0.6 is 0 Å². The third-order valence-electron chi connectivity index (χ3n) is 5.03. The summed E-state index contributed by atoms with van der Waals surface area (Å²) in [6.07, 6.45) is 0.918. The van der Waals surface area contributed by atoms with Crippen LogP contribution < -0.4 is 15.1 Å². The number of aromatic carboxylic acids is 1. The van der Waals surface area contributed by atoms with Crippen LogP contribution in [0.4, 0.5) is 14.5 Å². The fourth-order valence-corrected chi connectivity index (χ4v) is 3.84. The first-order chi connectivity index (χ1) is 14.3. The number of halogens is 2. The van der Waals surface area contributed by atoms with Crippen LogP contribution in [0.1, 0.15) is 10.4 Å². The van der Waals surface area contributed by atoms with Gasteiger partial charge in [0, 0.05) is 25.8 Å². The van der Waals surface area contributed by atoms with Crippen molar-refractivity contribution < 1.29 is 28.2 Å². The van der Waals surface area contributed by atoms with Crippen molar-refractivity contribution in [1.29, 1.82) is 0 Å². The molecule has 1 unspecified atom stereocenters. The van der Waals surface area contributed by atoms with Crippen LogP contribution in [-0.4, -0.2) is 80.8 Å². The van der Waals surface area contributed by atoms with Gasteiger partial charge in [0.2, 0.25) is 5.43 Å². The maximum atomic E-state index is 15.2. The van der Waals surface area contributed by atoms with Crippen molar-refractivity contribution in [3.05, 3.63) is 33.9 Å². The van der Waals surface area contributed by atoms with E-state index in [0.29, 0.717) is 26.2 Å². The maximum Gasteiger partial charge on any atom is 0.341 e. The quantitative estimate of drug-likeness (QED) is 0.721. The van der Waals surface area contributed by atoms with Crippen LogP contribution in [0, 0.1) is 5.82 Å². The number of benzene rings is 1. The molecule has 0 aliphatic carbocycles. The van der Waals surface area contributed by atoms with Crippen molar-refractivity contribution in [2.45, 2.75) is 12.6 Å². The topological polar surface area (TPSA) is 84.2 Å². The Kier molecular flexibility index (Phi) is 6.57. The SMILES string of the molecule is COc1c(N2CCOC(CN(C)C)C2)c(F)cc2c(=O)c(C(=O)O)cn(CCF)c12. The van der Waals surface area contributed by atoms with Crippen molar-refractivity contribution in [3.63, 3.8) is 0 Å². The van der Waals surface area contributed by atoms with Crippen molar-refractivity contribution >= 4 is 22.6 Å². The smallest absolute Gasteiger partial charge is 0.341 e. The molecule has 1 aliphatic rings. The molecule has 0 spiro atoms. The molecular formula is C20H25F2N3O5. The van der Waals surface area contributed by atoms with Crippen LogP contribution in [0.5, 0.6) is 5.75 Å². The van der Waals surface area contributed by atoms with Gasteiger partial charge < -0.3 is 28.9 Å². The largest absolute Gasteiger partial charge is 0.492 e. The number of carboxylic acid groups (broad SMARTS) is 1. The fraction of sp³-hybridized carbons (Fsp3) is 0.500. The lowest BCUT2D eigenvalue weighted by Crippen LogP contribution is -2.47. The zero-order valence-electron chi connectivity index (χ0n) is 17.2. The van der Waals surface area contributed by atoms with Gasteiger partial charge in [0.05, 0.1) is 37.3 Å². The van der Waals surface area contributed by atoms with E-state index in [0.717, 1.165) is 12.3 Å². The average Bonchev–Trinajstić information content (AvgIpc) is 2.68. The average molecular weight is 425 g/mol. The second-order valence-corrected chi connectivity index (χ2v) is 7.40. The summed E-state index contributed by atoms with van der Waals surface area (Å²) >= 11 is 0. The minimum absolute atomic E-state index is 0.0676. The van der Waals surface area contributed by atoms with Gasteiger partial charge in [-0.25, -0.2) is 13.6 Å². The Labute approximate surface area is 172 Å². The molecule has 8 nitrogen and oxygen atoms in total. The van der Waals surface area contributed by atoms with Crippen molar-refractivity contribution in [2.75, 3.05) is 59.0 Å². The van der Waals surface area contributed by atoms with E-state index in [2.05, 4.69) is 0 Å². The van der Waals surface area contributed by atoms with Gasteiger partial charge in [-0.2, -0.15) is 0 Å². The fourth-order valence-electron chi connectivity index (χ4n) is 3.84. The number of aromatic nitrogens is 1. The van der Waals surface area contributed by atoms with Gasteiger partial charge in [-0.1, -0.05) is 0 Å². The Bertz CT molecular complexity index is 1010. The van der Waals surface area contributed by atoms with Gasteiger partial charge >= 0.3 is 5.97 Å². The van der Waals surface area contributed by atoms with Crippen LogP contribution in [-0.2, 0) is 11.3 Å². The molecule has 1 saturated heterocycles. The molecule has 1 aliphatic heterocycles. The van der Waals surface area contributed by atoms with E-state index >= 15 is 4.39 Å². The first kappa shape index (κ1) is 22.0. The van der Waals surface area contributed by atoms with Gasteiger partial charge in [0.15, 0.2) is 11.6 Å². The number of pyridine rings is 1. The lowest BCUT2D eigenvalue weighted by Gasteiger charge is -2.36. The zero-order valence-corrected chi connectivity index (χ0v) is 17.2. The second kappa shape index (κ2) is 8.97. The summed E-state index contributed by atoms with van der Waals surface area (Å²) in [5, 5.41) is 9.15. The molecule has 2 aromatic rings. The predicted octanol–water partition coefficient (Wildman–Crippen LogP) is 1.58. The van der Waals surface area contributed by atoms with E-state index < -0.39 is 29.5 Å². The van der Waals surface area contributed by atoms with Gasteiger partial charge in [-0.05, 0) is 20.2 Å². The highest BCUT2D eigenvalue weighted by atomic mass is 19.1. The molecule has 30 heavy (non-hydrogen) atoms. The Morgan fingerprint density at radius 2 is 2.17 bits per heavy atom. The number of nitrogens with zero attached hydrogens (tertiary/aromatic N) is 3. The molecule has 0 amide bonds. The minimum atomic E-state index is -1.46. The standard InChI is InChI=1S/C20H25F2N3O5/c1-23(2)9-12-10-25(6-7-30-12)17-15(22)8-13-16(19(17)29-3)24(5-4-21)11-14(18(13)26)20(27)28/h8,11-12H,4-7,9-10H2,1-3H3,(H,27,28). The van der Waals surface area contributed by atoms with Gasteiger partial charge in [0.25, 0.3) is 0 Å². The van der Waals surface area contributed by atoms with Crippen molar-refractivity contribution in [1.82, 2.24) is 9.47 Å². The molecule has 0 radical (unpaired) electrons. The molecule has 1 fully saturated rings. The molecule has 0 bridgehead atoms. The van der Waals surface area contributed by atoms with E-state index in [1.165, 1.54) is 11.7 Å². The summed E-state index contributed by atoms with van der Waals surface area (Å²) in [4.78, 5) is 27.8. The summed E-state index contributed by atoms with van der Waals surface area (Å²) in [6, 6.07) is 1.01. The van der Waals surface area contributed by atoms with Crippen molar-refractivity contribution in [2.24, 2.45) is 0 Å². The van der Waals surface area contributed by atoms with Crippen LogP contribution in [0.15, 0.2) is 17.1 Å². The molecule has 164 valence electrons. The minimum Gasteiger partial charge on any atom is -0.492 e. The Hall–Kier alpha value is -2.72. The second-order valence-electron chi connectivity index (χ2n) is 7.40. The number of carboxylic acids is 1. The number of rotatable bonds is 7. The number of hydrogen-bond acceptors (Lipinski definition) is 6. The zero-order chi connectivity index (χ0) is 22.0. The van der Waals surface area contributed by atoms with E-state index in [1.807, 2.05) is 19.0 Å². The molecule has 2 heterocycles. The third-order valence-corrected chi connectivity index (χ3v) is 5.03. The summed E-state index contributed by atoms with van der Waals surface area (Å²) in [7, 11) is 5.16. The molecule has 1 N–H and O–H groups in total. The number of alkyl halides is 1.